The van der Waals surface area contributed by atoms with Gasteiger partial charge in [-0.25, -0.2) is 0 Å². The van der Waals surface area contributed by atoms with Crippen molar-refractivity contribution in [2.45, 2.75) is 6.42 Å². The molecule has 104 valence electrons. The van der Waals surface area contributed by atoms with E-state index in [0.29, 0.717) is 12.0 Å². The minimum atomic E-state index is -0.421. The first-order valence-corrected chi connectivity index (χ1v) is 6.23. The Morgan fingerprint density at radius 1 is 1.05 bits per heavy atom. The molecule has 0 saturated heterocycles. The molecular weight excluding hydrogens is 254 g/mol. The van der Waals surface area contributed by atoms with Crippen LogP contribution in [0.15, 0.2) is 42.5 Å². The highest BCUT2D eigenvalue weighted by Gasteiger charge is 2.09. The van der Waals surface area contributed by atoms with Gasteiger partial charge >= 0.3 is 0 Å². The number of nitrogens with two attached hydrogens (primary N) is 1. The van der Waals surface area contributed by atoms with Crippen LogP contribution in [0, 0.1) is 0 Å². The van der Waals surface area contributed by atoms with Crippen molar-refractivity contribution in [3.05, 3.63) is 59.2 Å². The van der Waals surface area contributed by atoms with Gasteiger partial charge in [-0.1, -0.05) is 18.2 Å². The Morgan fingerprint density at radius 3 is 2.20 bits per heavy atom. The number of methoxy groups -OCH3 is 2. The lowest BCUT2D eigenvalue weighted by molar-refractivity contribution is 0.0999. The van der Waals surface area contributed by atoms with Crippen molar-refractivity contribution in [1.29, 1.82) is 0 Å². The van der Waals surface area contributed by atoms with Gasteiger partial charge in [-0.15, -0.1) is 0 Å². The summed E-state index contributed by atoms with van der Waals surface area (Å²) in [5.41, 5.74) is 7.81. The van der Waals surface area contributed by atoms with Crippen molar-refractivity contribution in [2.24, 2.45) is 5.73 Å². The molecule has 0 aliphatic rings. The van der Waals surface area contributed by atoms with Crippen molar-refractivity contribution in [3.63, 3.8) is 0 Å². The normalized spacial score (nSPS) is 10.1. The fraction of sp³-hybridized carbons (Fsp3) is 0.188. The maximum Gasteiger partial charge on any atom is 0.248 e. The van der Waals surface area contributed by atoms with E-state index in [-0.39, 0.29) is 0 Å². The number of ether oxygens (including phenoxy) is 2. The molecule has 0 heterocycles. The summed E-state index contributed by atoms with van der Waals surface area (Å²) in [4.78, 5) is 11.4. The van der Waals surface area contributed by atoms with Gasteiger partial charge in [-0.3, -0.25) is 4.79 Å². The summed E-state index contributed by atoms with van der Waals surface area (Å²) in [5, 5.41) is 0. The summed E-state index contributed by atoms with van der Waals surface area (Å²) in [6.45, 7) is 0. The third-order valence-electron chi connectivity index (χ3n) is 3.09. The summed E-state index contributed by atoms with van der Waals surface area (Å²) in [6.07, 6.45) is 0.590. The van der Waals surface area contributed by atoms with Crippen LogP contribution < -0.4 is 15.2 Å². The lowest BCUT2D eigenvalue weighted by Gasteiger charge is -2.10. The van der Waals surface area contributed by atoms with E-state index >= 15 is 0 Å². The van der Waals surface area contributed by atoms with Crippen LogP contribution in [0.4, 0.5) is 0 Å². The van der Waals surface area contributed by atoms with Gasteiger partial charge in [0.25, 0.3) is 0 Å². The molecule has 2 rings (SSSR count). The van der Waals surface area contributed by atoms with Crippen molar-refractivity contribution in [1.82, 2.24) is 0 Å². The van der Waals surface area contributed by atoms with Gasteiger partial charge in [0.05, 0.1) is 14.2 Å². The molecule has 2 aromatic rings. The van der Waals surface area contributed by atoms with E-state index in [0.717, 1.165) is 22.6 Å². The number of carbonyl (C=O) groups is 1. The van der Waals surface area contributed by atoms with E-state index in [1.165, 1.54) is 0 Å². The Balaban J connectivity index is 2.37. The topological polar surface area (TPSA) is 61.5 Å². The van der Waals surface area contributed by atoms with Gasteiger partial charge in [-0.05, 0) is 35.7 Å². The molecule has 2 N–H and O–H groups in total. The first kappa shape index (κ1) is 13.9. The van der Waals surface area contributed by atoms with E-state index in [4.69, 9.17) is 15.2 Å². The first-order valence-electron chi connectivity index (χ1n) is 6.23. The van der Waals surface area contributed by atoms with Gasteiger partial charge in [0.1, 0.15) is 11.5 Å². The summed E-state index contributed by atoms with van der Waals surface area (Å²) in [7, 11) is 3.21. The molecule has 4 nitrogen and oxygen atoms in total. The van der Waals surface area contributed by atoms with Crippen LogP contribution >= 0.6 is 0 Å². The Labute approximate surface area is 118 Å². The second-order valence-corrected chi connectivity index (χ2v) is 4.42. The van der Waals surface area contributed by atoms with Gasteiger partial charge in [0.15, 0.2) is 0 Å². The number of hydrogen-bond donors (Lipinski definition) is 1. The molecule has 0 fully saturated rings. The van der Waals surface area contributed by atoms with Crippen LogP contribution in [0.25, 0.3) is 0 Å². The standard InChI is InChI=1S/C16H17NO3/c1-19-13-8-11(9-14(10-13)20-2)7-12-5-3-4-6-15(12)16(17)18/h3-6,8-10H,7H2,1-2H3,(H2,17,18). The van der Waals surface area contributed by atoms with Gasteiger partial charge in [0, 0.05) is 11.6 Å². The zero-order chi connectivity index (χ0) is 14.5. The summed E-state index contributed by atoms with van der Waals surface area (Å²) in [5.74, 6) is 1.02. The van der Waals surface area contributed by atoms with Crippen molar-refractivity contribution in [3.8, 4) is 11.5 Å². The van der Waals surface area contributed by atoms with E-state index in [9.17, 15) is 4.79 Å². The molecule has 20 heavy (non-hydrogen) atoms. The highest BCUT2D eigenvalue weighted by molar-refractivity contribution is 5.94. The Morgan fingerprint density at radius 2 is 1.65 bits per heavy atom. The van der Waals surface area contributed by atoms with Crippen LogP contribution in [-0.4, -0.2) is 20.1 Å². The quantitative estimate of drug-likeness (QED) is 0.908. The van der Waals surface area contributed by atoms with E-state index in [2.05, 4.69) is 0 Å². The largest absolute Gasteiger partial charge is 0.497 e. The number of hydrogen-bond acceptors (Lipinski definition) is 3. The molecule has 2 aromatic carbocycles. The van der Waals surface area contributed by atoms with E-state index < -0.39 is 5.91 Å². The Bertz CT molecular complexity index is 601. The minimum absolute atomic E-state index is 0.421. The van der Waals surface area contributed by atoms with Crippen LogP contribution in [-0.2, 0) is 6.42 Å². The molecule has 0 radical (unpaired) electrons. The highest BCUT2D eigenvalue weighted by Crippen LogP contribution is 2.25. The molecule has 0 atom stereocenters. The van der Waals surface area contributed by atoms with Gasteiger partial charge in [-0.2, -0.15) is 0 Å². The minimum Gasteiger partial charge on any atom is -0.497 e. The molecule has 0 aliphatic carbocycles. The van der Waals surface area contributed by atoms with Crippen LogP contribution in [0.1, 0.15) is 21.5 Å². The van der Waals surface area contributed by atoms with E-state index in [1.54, 1.807) is 26.4 Å². The number of benzene rings is 2. The highest BCUT2D eigenvalue weighted by atomic mass is 16.5. The van der Waals surface area contributed by atoms with Gasteiger partial charge < -0.3 is 15.2 Å². The second-order valence-electron chi connectivity index (χ2n) is 4.42. The zero-order valence-electron chi connectivity index (χ0n) is 11.6. The van der Waals surface area contributed by atoms with Crippen molar-refractivity contribution < 1.29 is 14.3 Å². The monoisotopic (exact) mass is 271 g/mol. The molecule has 0 bridgehead atoms. The Hall–Kier alpha value is -2.49. The van der Waals surface area contributed by atoms with Crippen molar-refractivity contribution in [2.75, 3.05) is 14.2 Å². The lowest BCUT2D eigenvalue weighted by atomic mass is 9.99. The molecule has 0 aromatic heterocycles. The first-order chi connectivity index (χ1) is 9.63. The number of rotatable bonds is 5. The van der Waals surface area contributed by atoms with Crippen molar-refractivity contribution >= 4 is 5.91 Å². The van der Waals surface area contributed by atoms with Crippen LogP contribution in [0.5, 0.6) is 11.5 Å². The van der Waals surface area contributed by atoms with E-state index in [1.807, 2.05) is 30.3 Å². The predicted octanol–water partition coefficient (Wildman–Crippen LogP) is 2.39. The zero-order valence-corrected chi connectivity index (χ0v) is 11.6. The smallest absolute Gasteiger partial charge is 0.248 e. The number of amides is 1. The predicted molar refractivity (Wildman–Crippen MR) is 77.3 cm³/mol. The molecule has 0 spiro atoms. The SMILES string of the molecule is COc1cc(Cc2ccccc2C(N)=O)cc(OC)c1. The Kier molecular flexibility index (Phi) is 4.25. The molecule has 1 amide bonds. The molecule has 0 unspecified atom stereocenters. The summed E-state index contributed by atoms with van der Waals surface area (Å²) < 4.78 is 10.5. The fourth-order valence-corrected chi connectivity index (χ4v) is 2.10. The summed E-state index contributed by atoms with van der Waals surface area (Å²) in [6, 6.07) is 13.0. The van der Waals surface area contributed by atoms with Crippen LogP contribution in [0.2, 0.25) is 0 Å². The maximum atomic E-state index is 11.4. The molecule has 4 heteroatoms. The third-order valence-corrected chi connectivity index (χ3v) is 3.09. The number of carbonyl (C=O) groups excluding carboxylic acids is 1. The maximum absolute atomic E-state index is 11.4. The summed E-state index contributed by atoms with van der Waals surface area (Å²) >= 11 is 0. The average Bonchev–Trinajstić information content (AvgIpc) is 2.47. The molecular formula is C16H17NO3. The number of primary amides is 1. The lowest BCUT2D eigenvalue weighted by Crippen LogP contribution is -2.13. The third kappa shape index (κ3) is 3.09. The molecule has 0 aliphatic heterocycles. The molecule has 0 saturated carbocycles. The van der Waals surface area contributed by atoms with Crippen LogP contribution in [0.3, 0.4) is 0 Å². The van der Waals surface area contributed by atoms with Gasteiger partial charge in [0.2, 0.25) is 5.91 Å². The fourth-order valence-electron chi connectivity index (χ4n) is 2.10. The second kappa shape index (κ2) is 6.10. The average molecular weight is 271 g/mol.